The van der Waals surface area contributed by atoms with Gasteiger partial charge in [-0.25, -0.2) is 4.79 Å². The number of piperidine rings is 2. The minimum Gasteiger partial charge on any atom is -0.496 e. The molecule has 4 amide bonds. The number of carbonyl (C=O) groups is 3. The minimum atomic E-state index is -0.462. The molecule has 51 heavy (non-hydrogen) atoms. The molecule has 3 aliphatic rings. The summed E-state index contributed by atoms with van der Waals surface area (Å²) in [6, 6.07) is 10.7. The van der Waals surface area contributed by atoms with E-state index in [-0.39, 0.29) is 36.0 Å². The van der Waals surface area contributed by atoms with Gasteiger partial charge in [0.05, 0.1) is 26.4 Å². The van der Waals surface area contributed by atoms with E-state index in [1.165, 1.54) is 4.90 Å². The maximum atomic E-state index is 13.4. The molecule has 0 atom stereocenters. The number of pyridine rings is 1. The summed E-state index contributed by atoms with van der Waals surface area (Å²) in [5.41, 5.74) is 5.79. The smallest absolute Gasteiger partial charge is 0.328 e. The molecule has 6 rings (SSSR count). The fraction of sp³-hybridized carbons (Fsp3) is 0.487. The lowest BCUT2D eigenvalue weighted by Gasteiger charge is -2.37. The molecule has 1 aromatic heterocycles. The van der Waals surface area contributed by atoms with E-state index >= 15 is 0 Å². The first kappa shape index (κ1) is 36.1. The van der Waals surface area contributed by atoms with Crippen LogP contribution in [0.3, 0.4) is 0 Å². The van der Waals surface area contributed by atoms with E-state index < -0.39 is 6.03 Å². The van der Waals surface area contributed by atoms with Gasteiger partial charge in [0.25, 0.3) is 11.5 Å². The standard InChI is InChI=1S/C39H49N5O7/c1-25-26(2)37(46)41(3)24-33(25)28-22-34(49-4)32(35(23-28)50-5)13-17-42-15-9-30(10-16-42)51-31-11-18-43(19-12-31)38(47)27-7-6-8-29(21-27)44-20-14-36(45)40-39(44)48/h6-8,21-24,30-31H,9-20H2,1-5H3,(H,40,45,48). The Kier molecular flexibility index (Phi) is 11.1. The van der Waals surface area contributed by atoms with Crippen molar-refractivity contribution in [3.63, 3.8) is 0 Å². The van der Waals surface area contributed by atoms with Crippen molar-refractivity contribution >= 4 is 23.5 Å². The topological polar surface area (TPSA) is 123 Å². The van der Waals surface area contributed by atoms with Crippen LogP contribution >= 0.6 is 0 Å². The highest BCUT2D eigenvalue weighted by Crippen LogP contribution is 2.37. The molecular weight excluding hydrogens is 650 g/mol. The average Bonchev–Trinajstić information content (AvgIpc) is 3.15. The summed E-state index contributed by atoms with van der Waals surface area (Å²) in [4.78, 5) is 55.5. The summed E-state index contributed by atoms with van der Waals surface area (Å²) in [5.74, 6) is 1.21. The van der Waals surface area contributed by atoms with Crippen LogP contribution in [0.1, 0.15) is 59.2 Å². The quantitative estimate of drug-likeness (QED) is 0.329. The highest BCUT2D eigenvalue weighted by molar-refractivity contribution is 6.06. The van der Waals surface area contributed by atoms with Crippen molar-refractivity contribution in [2.75, 3.05) is 58.4 Å². The zero-order chi connectivity index (χ0) is 36.2. The molecule has 12 nitrogen and oxygen atoms in total. The lowest BCUT2D eigenvalue weighted by Crippen LogP contribution is -2.49. The number of methoxy groups -OCH3 is 2. The number of carbonyl (C=O) groups excluding carboxylic acids is 3. The molecule has 3 aliphatic heterocycles. The van der Waals surface area contributed by atoms with Gasteiger partial charge in [-0.1, -0.05) is 6.07 Å². The minimum absolute atomic E-state index is 0.00471. The van der Waals surface area contributed by atoms with E-state index in [0.29, 0.717) is 30.9 Å². The second-order valence-corrected chi connectivity index (χ2v) is 13.8. The normalized spacial score (nSPS) is 17.8. The van der Waals surface area contributed by atoms with Gasteiger partial charge in [0.1, 0.15) is 11.5 Å². The van der Waals surface area contributed by atoms with Crippen molar-refractivity contribution in [2.24, 2.45) is 7.05 Å². The number of ether oxygens (including phenoxy) is 3. The molecule has 2 aromatic carbocycles. The number of imide groups is 1. The Hall–Kier alpha value is -4.68. The Bertz CT molecular complexity index is 1810. The molecule has 0 radical (unpaired) electrons. The van der Waals surface area contributed by atoms with Gasteiger partial charge in [-0.2, -0.15) is 0 Å². The number of rotatable bonds is 10. The molecule has 3 fully saturated rings. The first-order valence-corrected chi connectivity index (χ1v) is 17.9. The number of hydrogen-bond acceptors (Lipinski definition) is 8. The van der Waals surface area contributed by atoms with Crippen LogP contribution in [0.5, 0.6) is 11.5 Å². The molecule has 0 spiro atoms. The fourth-order valence-corrected chi connectivity index (χ4v) is 7.46. The maximum absolute atomic E-state index is 13.4. The molecule has 4 heterocycles. The molecule has 3 saturated heterocycles. The Morgan fingerprint density at radius 1 is 0.863 bits per heavy atom. The third-order valence-electron chi connectivity index (χ3n) is 10.6. The zero-order valence-electron chi connectivity index (χ0n) is 30.3. The number of benzene rings is 2. The Morgan fingerprint density at radius 3 is 2.14 bits per heavy atom. The van der Waals surface area contributed by atoms with Crippen LogP contribution in [0.25, 0.3) is 11.1 Å². The molecule has 1 N–H and O–H groups in total. The van der Waals surface area contributed by atoms with Crippen LogP contribution in [0.15, 0.2) is 47.4 Å². The number of hydrogen-bond donors (Lipinski definition) is 1. The summed E-state index contributed by atoms with van der Waals surface area (Å²) in [5, 5.41) is 2.33. The van der Waals surface area contributed by atoms with E-state index in [4.69, 9.17) is 14.2 Å². The van der Waals surface area contributed by atoms with Gasteiger partial charge in [0.15, 0.2) is 0 Å². The van der Waals surface area contributed by atoms with E-state index in [1.807, 2.05) is 37.1 Å². The molecular formula is C39H49N5O7. The van der Waals surface area contributed by atoms with Crippen molar-refractivity contribution in [3.8, 4) is 22.6 Å². The average molecular weight is 700 g/mol. The van der Waals surface area contributed by atoms with E-state index in [1.54, 1.807) is 50.1 Å². The number of urea groups is 1. The van der Waals surface area contributed by atoms with E-state index in [2.05, 4.69) is 10.2 Å². The van der Waals surface area contributed by atoms with Gasteiger partial charge in [-0.3, -0.25) is 24.6 Å². The van der Waals surface area contributed by atoms with Crippen molar-refractivity contribution in [1.29, 1.82) is 0 Å². The summed E-state index contributed by atoms with van der Waals surface area (Å²) < 4.78 is 19.9. The predicted octanol–water partition coefficient (Wildman–Crippen LogP) is 4.46. The first-order chi connectivity index (χ1) is 24.6. The molecule has 0 unspecified atom stereocenters. The largest absolute Gasteiger partial charge is 0.496 e. The molecule has 0 bridgehead atoms. The number of aryl methyl sites for hydroxylation is 1. The second kappa shape index (κ2) is 15.7. The van der Waals surface area contributed by atoms with Crippen LogP contribution < -0.4 is 25.2 Å². The molecule has 12 heteroatoms. The van der Waals surface area contributed by atoms with Crippen LogP contribution in [0.2, 0.25) is 0 Å². The lowest BCUT2D eigenvalue weighted by molar-refractivity contribution is -0.120. The first-order valence-electron chi connectivity index (χ1n) is 17.9. The van der Waals surface area contributed by atoms with E-state index in [0.717, 1.165) is 91.1 Å². The highest BCUT2D eigenvalue weighted by Gasteiger charge is 2.30. The molecule has 3 aromatic rings. The van der Waals surface area contributed by atoms with Crippen molar-refractivity contribution < 1.29 is 28.6 Å². The number of amides is 4. The van der Waals surface area contributed by atoms with Crippen LogP contribution in [0, 0.1) is 13.8 Å². The third kappa shape index (κ3) is 7.97. The molecule has 272 valence electrons. The van der Waals surface area contributed by atoms with Gasteiger partial charge < -0.3 is 28.6 Å². The number of nitrogens with one attached hydrogen (secondary N) is 1. The fourth-order valence-electron chi connectivity index (χ4n) is 7.46. The van der Waals surface area contributed by atoms with Gasteiger partial charge >= 0.3 is 6.03 Å². The lowest BCUT2D eigenvalue weighted by atomic mass is 9.96. The SMILES string of the molecule is COc1cc(-c2cn(C)c(=O)c(C)c2C)cc(OC)c1CCN1CCC(OC2CCN(C(=O)c3cccc(N4CCC(=O)NC4=O)c3)CC2)CC1. The van der Waals surface area contributed by atoms with Gasteiger partial charge in [0, 0.05) is 86.9 Å². The van der Waals surface area contributed by atoms with Gasteiger partial charge in [0.2, 0.25) is 5.91 Å². The van der Waals surface area contributed by atoms with Gasteiger partial charge in [-0.05, 0) is 87.4 Å². The number of aromatic nitrogens is 1. The third-order valence-corrected chi connectivity index (χ3v) is 10.6. The highest BCUT2D eigenvalue weighted by atomic mass is 16.5. The number of likely N-dealkylation sites (tertiary alicyclic amines) is 2. The number of nitrogens with zero attached hydrogens (tertiary/aromatic N) is 4. The van der Waals surface area contributed by atoms with Crippen LogP contribution in [0.4, 0.5) is 10.5 Å². The number of anilines is 1. The second-order valence-electron chi connectivity index (χ2n) is 13.8. The van der Waals surface area contributed by atoms with Gasteiger partial charge in [-0.15, -0.1) is 0 Å². The zero-order valence-corrected chi connectivity index (χ0v) is 30.3. The van der Waals surface area contributed by atoms with Crippen molar-refractivity contribution in [2.45, 2.75) is 64.6 Å². The molecule has 0 saturated carbocycles. The summed E-state index contributed by atoms with van der Waals surface area (Å²) >= 11 is 0. The van der Waals surface area contributed by atoms with Crippen molar-refractivity contribution in [3.05, 3.63) is 75.2 Å². The maximum Gasteiger partial charge on any atom is 0.328 e. The Labute approximate surface area is 299 Å². The van der Waals surface area contributed by atoms with Crippen LogP contribution in [-0.4, -0.2) is 97.9 Å². The monoisotopic (exact) mass is 699 g/mol. The Balaban J connectivity index is 0.981. The predicted molar refractivity (Wildman–Crippen MR) is 195 cm³/mol. The summed E-state index contributed by atoms with van der Waals surface area (Å²) in [7, 11) is 5.14. The van der Waals surface area contributed by atoms with Crippen molar-refractivity contribution in [1.82, 2.24) is 19.7 Å². The molecule has 0 aliphatic carbocycles. The van der Waals surface area contributed by atoms with E-state index in [9.17, 15) is 19.2 Å². The Morgan fingerprint density at radius 2 is 1.51 bits per heavy atom. The summed E-state index contributed by atoms with van der Waals surface area (Å²) in [6.45, 7) is 8.13. The summed E-state index contributed by atoms with van der Waals surface area (Å²) in [6.07, 6.45) is 6.70. The van der Waals surface area contributed by atoms with Crippen LogP contribution in [-0.2, 0) is 23.0 Å².